The van der Waals surface area contributed by atoms with Gasteiger partial charge in [0.05, 0.1) is 5.52 Å². The molecular weight excluding hydrogens is 285 g/mol. The second-order valence-electron chi connectivity index (χ2n) is 4.86. The number of amides is 1. The Morgan fingerprint density at radius 2 is 2.20 bits per heavy atom. The van der Waals surface area contributed by atoms with E-state index in [-0.39, 0.29) is 13.0 Å². The summed E-state index contributed by atoms with van der Waals surface area (Å²) >= 11 is 0. The van der Waals surface area contributed by atoms with E-state index in [0.29, 0.717) is 5.69 Å². The fraction of sp³-hybridized carbons (Fsp3) is 0.333. The lowest BCUT2D eigenvalue weighted by molar-refractivity contribution is -0.117. The van der Waals surface area contributed by atoms with Crippen LogP contribution in [-0.2, 0) is 15.0 Å². The summed E-state index contributed by atoms with van der Waals surface area (Å²) in [5.74, 6) is -0.392. The Kier molecular flexibility index (Phi) is 2.79. The fourth-order valence-corrected chi connectivity index (χ4v) is 3.08. The van der Waals surface area contributed by atoms with Gasteiger partial charge in [-0.1, -0.05) is 0 Å². The highest BCUT2D eigenvalue weighted by atomic mass is 32.3. The molecule has 1 unspecified atom stereocenters. The summed E-state index contributed by atoms with van der Waals surface area (Å²) in [6, 6.07) is 5.16. The maximum atomic E-state index is 13.0. The number of aromatic nitrogens is 2. The number of nitrogens with one attached hydrogen (secondary N) is 1. The summed E-state index contributed by atoms with van der Waals surface area (Å²) in [6.07, 6.45) is -0.318. The van der Waals surface area contributed by atoms with Crippen molar-refractivity contribution in [3.8, 4) is 0 Å². The number of benzene rings is 1. The van der Waals surface area contributed by atoms with Crippen molar-refractivity contribution in [1.82, 2.24) is 10.2 Å². The highest BCUT2D eigenvalue weighted by Gasteiger charge is 2.39. The number of aryl methyl sites for hydroxylation is 1. The van der Waals surface area contributed by atoms with Crippen molar-refractivity contribution < 1.29 is 17.1 Å². The van der Waals surface area contributed by atoms with Crippen LogP contribution in [0.4, 0.5) is 9.57 Å². The minimum atomic E-state index is -4.70. The zero-order valence-corrected chi connectivity index (χ0v) is 11.4. The summed E-state index contributed by atoms with van der Waals surface area (Å²) in [4.78, 5) is 13.2. The van der Waals surface area contributed by atoms with Crippen molar-refractivity contribution in [3.63, 3.8) is 0 Å². The van der Waals surface area contributed by atoms with Crippen molar-refractivity contribution in [1.29, 1.82) is 0 Å². The van der Waals surface area contributed by atoms with Crippen molar-refractivity contribution in [2.24, 2.45) is 0 Å². The Hall–Kier alpha value is -1.96. The number of hydrogen-bond donors (Lipinski definition) is 1. The maximum absolute atomic E-state index is 13.0. The SMILES string of the molecule is Cc1[nH]nc2ccc(N3CC(S(=O)(=O)F)CC3=O)cc12. The molecule has 6 nitrogen and oxygen atoms in total. The molecular formula is C12H12FN3O3S. The number of fused-ring (bicyclic) bond motifs is 1. The molecule has 3 rings (SSSR count). The quantitative estimate of drug-likeness (QED) is 0.846. The van der Waals surface area contributed by atoms with Gasteiger partial charge in [-0.05, 0) is 25.1 Å². The van der Waals surface area contributed by atoms with Gasteiger partial charge in [0.25, 0.3) is 0 Å². The Bertz CT molecular complexity index is 799. The van der Waals surface area contributed by atoms with Gasteiger partial charge in [0.1, 0.15) is 5.25 Å². The summed E-state index contributed by atoms with van der Waals surface area (Å²) < 4.78 is 34.8. The number of aromatic amines is 1. The number of H-pyrrole nitrogens is 1. The third kappa shape index (κ3) is 2.05. The third-order valence-electron chi connectivity index (χ3n) is 3.53. The van der Waals surface area contributed by atoms with Gasteiger partial charge < -0.3 is 4.90 Å². The summed E-state index contributed by atoms with van der Waals surface area (Å²) in [5, 5.41) is 6.47. The van der Waals surface area contributed by atoms with E-state index in [4.69, 9.17) is 0 Å². The summed E-state index contributed by atoms with van der Waals surface area (Å²) in [7, 11) is -4.70. The molecule has 0 radical (unpaired) electrons. The van der Waals surface area contributed by atoms with Crippen LogP contribution in [-0.4, -0.2) is 36.3 Å². The molecule has 2 heterocycles. The second-order valence-corrected chi connectivity index (χ2v) is 6.47. The van der Waals surface area contributed by atoms with E-state index >= 15 is 0 Å². The van der Waals surface area contributed by atoms with Crippen LogP contribution >= 0.6 is 0 Å². The first kappa shape index (κ1) is 13.0. The molecule has 1 aromatic heterocycles. The van der Waals surface area contributed by atoms with E-state index in [1.54, 1.807) is 18.2 Å². The number of anilines is 1. The smallest absolute Gasteiger partial charge is 0.307 e. The molecule has 0 bridgehead atoms. The summed E-state index contributed by atoms with van der Waals surface area (Å²) in [6.45, 7) is 1.69. The lowest BCUT2D eigenvalue weighted by Gasteiger charge is -2.16. The predicted molar refractivity (Wildman–Crippen MR) is 71.6 cm³/mol. The average molecular weight is 297 g/mol. The summed E-state index contributed by atoms with van der Waals surface area (Å²) in [5.41, 5.74) is 2.16. The predicted octanol–water partition coefficient (Wildman–Crippen LogP) is 1.28. The van der Waals surface area contributed by atoms with Gasteiger partial charge in [0.2, 0.25) is 5.91 Å². The molecule has 106 valence electrons. The Morgan fingerprint density at radius 1 is 1.45 bits per heavy atom. The first-order chi connectivity index (χ1) is 9.36. The number of hydrogen-bond acceptors (Lipinski definition) is 4. The molecule has 8 heteroatoms. The van der Waals surface area contributed by atoms with Crippen molar-refractivity contribution >= 4 is 32.7 Å². The molecule has 1 fully saturated rings. The highest BCUT2D eigenvalue weighted by Crippen LogP contribution is 2.28. The van der Waals surface area contributed by atoms with E-state index in [1.165, 1.54) is 4.90 Å². The van der Waals surface area contributed by atoms with Crippen LogP contribution in [0, 0.1) is 6.92 Å². The first-order valence-corrected chi connectivity index (χ1v) is 7.49. The monoisotopic (exact) mass is 297 g/mol. The van der Waals surface area contributed by atoms with Crippen LogP contribution in [0.3, 0.4) is 0 Å². The van der Waals surface area contributed by atoms with Crippen LogP contribution in [0.15, 0.2) is 18.2 Å². The van der Waals surface area contributed by atoms with Crippen LogP contribution in [0.2, 0.25) is 0 Å². The van der Waals surface area contributed by atoms with Gasteiger partial charge >= 0.3 is 10.2 Å². The molecule has 1 aliphatic rings. The van der Waals surface area contributed by atoms with Gasteiger partial charge in [0, 0.05) is 29.7 Å². The molecule has 0 saturated carbocycles. The number of carbonyl (C=O) groups is 1. The Balaban J connectivity index is 1.99. The lowest BCUT2D eigenvalue weighted by Crippen LogP contribution is -2.26. The van der Waals surface area contributed by atoms with E-state index < -0.39 is 21.4 Å². The normalized spacial score (nSPS) is 20.0. The molecule has 0 spiro atoms. The molecule has 0 aliphatic carbocycles. The molecule has 1 amide bonds. The molecule has 2 aromatic rings. The van der Waals surface area contributed by atoms with Crippen molar-refractivity contribution in [3.05, 3.63) is 23.9 Å². The van der Waals surface area contributed by atoms with E-state index in [1.807, 2.05) is 6.92 Å². The van der Waals surface area contributed by atoms with E-state index in [9.17, 15) is 17.1 Å². The van der Waals surface area contributed by atoms with E-state index in [2.05, 4.69) is 10.2 Å². The van der Waals surface area contributed by atoms with Crippen molar-refractivity contribution in [2.75, 3.05) is 11.4 Å². The molecule has 1 aromatic carbocycles. The first-order valence-electron chi connectivity index (χ1n) is 6.05. The van der Waals surface area contributed by atoms with Gasteiger partial charge in [-0.2, -0.15) is 13.5 Å². The Labute approximate surface area is 114 Å². The zero-order chi connectivity index (χ0) is 14.5. The second kappa shape index (κ2) is 4.27. The van der Waals surface area contributed by atoms with Gasteiger partial charge in [0.15, 0.2) is 0 Å². The van der Waals surface area contributed by atoms with Crippen LogP contribution in [0.5, 0.6) is 0 Å². The van der Waals surface area contributed by atoms with Crippen LogP contribution in [0.1, 0.15) is 12.1 Å². The topological polar surface area (TPSA) is 83.1 Å². The zero-order valence-electron chi connectivity index (χ0n) is 10.6. The van der Waals surface area contributed by atoms with Gasteiger partial charge in [-0.15, -0.1) is 3.89 Å². The molecule has 1 N–H and O–H groups in total. The molecule has 20 heavy (non-hydrogen) atoms. The lowest BCUT2D eigenvalue weighted by atomic mass is 10.2. The number of carbonyl (C=O) groups excluding carboxylic acids is 1. The minimum Gasteiger partial charge on any atom is -0.311 e. The largest absolute Gasteiger partial charge is 0.311 e. The molecule has 1 atom stereocenters. The van der Waals surface area contributed by atoms with Crippen molar-refractivity contribution in [2.45, 2.75) is 18.6 Å². The Morgan fingerprint density at radius 3 is 2.85 bits per heavy atom. The number of rotatable bonds is 2. The minimum absolute atomic E-state index is 0.153. The van der Waals surface area contributed by atoms with Crippen LogP contribution in [0.25, 0.3) is 10.9 Å². The van der Waals surface area contributed by atoms with Gasteiger partial charge in [-0.25, -0.2) is 0 Å². The number of nitrogens with zero attached hydrogens (tertiary/aromatic N) is 2. The third-order valence-corrected chi connectivity index (χ3v) is 4.64. The molecule has 1 saturated heterocycles. The highest BCUT2D eigenvalue weighted by molar-refractivity contribution is 7.87. The van der Waals surface area contributed by atoms with Crippen LogP contribution < -0.4 is 4.90 Å². The molecule has 1 aliphatic heterocycles. The standard InChI is InChI=1S/C12H12FN3O3S/c1-7-10-4-8(2-3-11(10)15-14-7)16-6-9(5-12(16)17)20(13,18)19/h2-4,9H,5-6H2,1H3,(H,14,15). The average Bonchev–Trinajstić information content (AvgIpc) is 2.93. The maximum Gasteiger partial charge on any atom is 0.307 e. The number of halogens is 1. The van der Waals surface area contributed by atoms with E-state index in [0.717, 1.165) is 16.6 Å². The fourth-order valence-electron chi connectivity index (χ4n) is 2.41. The van der Waals surface area contributed by atoms with Gasteiger partial charge in [-0.3, -0.25) is 9.89 Å².